The normalized spacial score (nSPS) is 35.1. The first-order chi connectivity index (χ1) is 9.54. The molecule has 2 fully saturated rings. The molecule has 1 saturated heterocycles. The SMILES string of the molecule is CCNC1CCC(CC)CC1CN1CCOC(C)(C)C1. The van der Waals surface area contributed by atoms with Crippen LogP contribution in [0.2, 0.25) is 0 Å². The lowest BCUT2D eigenvalue weighted by Crippen LogP contribution is -2.52. The summed E-state index contributed by atoms with van der Waals surface area (Å²) in [6.45, 7) is 14.5. The van der Waals surface area contributed by atoms with E-state index >= 15 is 0 Å². The van der Waals surface area contributed by atoms with Crippen LogP contribution in [0, 0.1) is 11.8 Å². The van der Waals surface area contributed by atoms with Crippen molar-refractivity contribution >= 4 is 0 Å². The van der Waals surface area contributed by atoms with Crippen LogP contribution < -0.4 is 5.32 Å². The van der Waals surface area contributed by atoms with Crippen LogP contribution in [0.3, 0.4) is 0 Å². The highest BCUT2D eigenvalue weighted by atomic mass is 16.5. The average Bonchev–Trinajstić information content (AvgIpc) is 2.40. The van der Waals surface area contributed by atoms with Gasteiger partial charge in [0.2, 0.25) is 0 Å². The molecule has 0 amide bonds. The van der Waals surface area contributed by atoms with E-state index in [1.165, 1.54) is 32.2 Å². The molecule has 0 bridgehead atoms. The first-order valence-corrected chi connectivity index (χ1v) is 8.63. The number of hydrogen-bond donors (Lipinski definition) is 1. The maximum atomic E-state index is 5.84. The molecule has 1 saturated carbocycles. The van der Waals surface area contributed by atoms with Crippen LogP contribution in [-0.2, 0) is 4.74 Å². The summed E-state index contributed by atoms with van der Waals surface area (Å²) < 4.78 is 5.84. The third kappa shape index (κ3) is 4.44. The zero-order valence-electron chi connectivity index (χ0n) is 14.0. The molecule has 1 heterocycles. The van der Waals surface area contributed by atoms with Crippen molar-refractivity contribution in [3.05, 3.63) is 0 Å². The molecule has 2 rings (SSSR count). The van der Waals surface area contributed by atoms with Gasteiger partial charge in [0, 0.05) is 25.7 Å². The lowest BCUT2D eigenvalue weighted by atomic mass is 9.76. The Balaban J connectivity index is 1.92. The first kappa shape index (κ1) is 16.3. The lowest BCUT2D eigenvalue weighted by Gasteiger charge is -2.43. The first-order valence-electron chi connectivity index (χ1n) is 8.63. The molecule has 3 heteroatoms. The fraction of sp³-hybridized carbons (Fsp3) is 1.00. The second-order valence-corrected chi connectivity index (χ2v) is 7.35. The topological polar surface area (TPSA) is 24.5 Å². The van der Waals surface area contributed by atoms with Crippen molar-refractivity contribution < 1.29 is 4.74 Å². The summed E-state index contributed by atoms with van der Waals surface area (Å²) in [4.78, 5) is 2.64. The zero-order valence-corrected chi connectivity index (χ0v) is 14.0. The number of morpholine rings is 1. The maximum absolute atomic E-state index is 5.84. The van der Waals surface area contributed by atoms with E-state index in [0.717, 1.165) is 44.1 Å². The Kier molecular flexibility index (Phi) is 5.88. The predicted octanol–water partition coefficient (Wildman–Crippen LogP) is 2.90. The number of ether oxygens (including phenoxy) is 1. The van der Waals surface area contributed by atoms with E-state index in [0.29, 0.717) is 0 Å². The van der Waals surface area contributed by atoms with Crippen LogP contribution in [-0.4, -0.2) is 49.3 Å². The average molecular weight is 282 g/mol. The molecule has 0 radical (unpaired) electrons. The fourth-order valence-corrected chi connectivity index (χ4v) is 4.07. The highest BCUT2D eigenvalue weighted by Gasteiger charge is 2.33. The molecule has 1 aliphatic heterocycles. The van der Waals surface area contributed by atoms with Gasteiger partial charge in [0.25, 0.3) is 0 Å². The van der Waals surface area contributed by atoms with Gasteiger partial charge in [-0.15, -0.1) is 0 Å². The fourth-order valence-electron chi connectivity index (χ4n) is 4.07. The zero-order chi connectivity index (χ0) is 14.6. The van der Waals surface area contributed by atoms with Gasteiger partial charge in [-0.3, -0.25) is 4.90 Å². The molecule has 3 atom stereocenters. The Hall–Kier alpha value is -0.120. The maximum Gasteiger partial charge on any atom is 0.0753 e. The Morgan fingerprint density at radius 1 is 1.25 bits per heavy atom. The monoisotopic (exact) mass is 282 g/mol. The number of hydrogen-bond acceptors (Lipinski definition) is 3. The van der Waals surface area contributed by atoms with Crippen LogP contribution in [0.5, 0.6) is 0 Å². The van der Waals surface area contributed by atoms with Crippen molar-refractivity contribution in [1.29, 1.82) is 0 Å². The molecular formula is C17H34N2O. The van der Waals surface area contributed by atoms with Crippen LogP contribution in [0.15, 0.2) is 0 Å². The number of rotatable bonds is 5. The largest absolute Gasteiger partial charge is 0.373 e. The van der Waals surface area contributed by atoms with Gasteiger partial charge in [0.15, 0.2) is 0 Å². The van der Waals surface area contributed by atoms with Crippen molar-refractivity contribution in [3.63, 3.8) is 0 Å². The lowest BCUT2D eigenvalue weighted by molar-refractivity contribution is -0.0913. The van der Waals surface area contributed by atoms with Crippen molar-refractivity contribution in [2.24, 2.45) is 11.8 Å². The van der Waals surface area contributed by atoms with Gasteiger partial charge in [-0.1, -0.05) is 20.3 Å². The van der Waals surface area contributed by atoms with E-state index < -0.39 is 0 Å². The Morgan fingerprint density at radius 3 is 2.70 bits per heavy atom. The quantitative estimate of drug-likeness (QED) is 0.839. The third-order valence-electron chi connectivity index (χ3n) is 5.13. The summed E-state index contributed by atoms with van der Waals surface area (Å²) in [6, 6.07) is 0.730. The van der Waals surface area contributed by atoms with Crippen molar-refractivity contribution in [2.75, 3.05) is 32.8 Å². The van der Waals surface area contributed by atoms with E-state index in [-0.39, 0.29) is 5.60 Å². The van der Waals surface area contributed by atoms with Gasteiger partial charge < -0.3 is 10.1 Å². The van der Waals surface area contributed by atoms with Gasteiger partial charge >= 0.3 is 0 Å². The minimum absolute atomic E-state index is 0.0325. The molecule has 1 aliphatic carbocycles. The van der Waals surface area contributed by atoms with E-state index in [4.69, 9.17) is 4.74 Å². The highest BCUT2D eigenvalue weighted by molar-refractivity contribution is 4.88. The Bertz CT molecular complexity index is 293. The molecule has 0 spiro atoms. The molecule has 0 aromatic rings. The van der Waals surface area contributed by atoms with E-state index in [1.807, 2.05) is 0 Å². The molecular weight excluding hydrogens is 248 g/mol. The predicted molar refractivity (Wildman–Crippen MR) is 85.1 cm³/mol. The summed E-state index contributed by atoms with van der Waals surface area (Å²) >= 11 is 0. The molecule has 0 aromatic heterocycles. The van der Waals surface area contributed by atoms with Crippen LogP contribution in [0.1, 0.15) is 53.4 Å². The molecule has 0 aromatic carbocycles. The molecule has 1 N–H and O–H groups in total. The smallest absolute Gasteiger partial charge is 0.0753 e. The summed E-state index contributed by atoms with van der Waals surface area (Å²) in [7, 11) is 0. The number of nitrogens with one attached hydrogen (secondary N) is 1. The minimum atomic E-state index is 0.0325. The second kappa shape index (κ2) is 7.24. The third-order valence-corrected chi connectivity index (χ3v) is 5.13. The molecule has 2 aliphatic rings. The second-order valence-electron chi connectivity index (χ2n) is 7.35. The van der Waals surface area contributed by atoms with Gasteiger partial charge in [-0.2, -0.15) is 0 Å². The van der Waals surface area contributed by atoms with Crippen molar-refractivity contribution in [1.82, 2.24) is 10.2 Å². The van der Waals surface area contributed by atoms with Crippen LogP contribution >= 0.6 is 0 Å². The molecule has 3 nitrogen and oxygen atoms in total. The summed E-state index contributed by atoms with van der Waals surface area (Å²) in [5.74, 6) is 1.77. The Morgan fingerprint density at radius 2 is 2.05 bits per heavy atom. The van der Waals surface area contributed by atoms with Crippen LogP contribution in [0.4, 0.5) is 0 Å². The minimum Gasteiger partial charge on any atom is -0.373 e. The van der Waals surface area contributed by atoms with Gasteiger partial charge in [-0.05, 0) is 51.5 Å². The number of nitrogens with zero attached hydrogens (tertiary/aromatic N) is 1. The van der Waals surface area contributed by atoms with E-state index in [9.17, 15) is 0 Å². The van der Waals surface area contributed by atoms with E-state index in [2.05, 4.69) is 37.9 Å². The molecule has 118 valence electrons. The van der Waals surface area contributed by atoms with Gasteiger partial charge in [0.1, 0.15) is 0 Å². The molecule has 20 heavy (non-hydrogen) atoms. The summed E-state index contributed by atoms with van der Waals surface area (Å²) in [6.07, 6.45) is 5.54. The molecule has 3 unspecified atom stereocenters. The van der Waals surface area contributed by atoms with Crippen LogP contribution in [0.25, 0.3) is 0 Å². The van der Waals surface area contributed by atoms with Crippen molar-refractivity contribution in [3.8, 4) is 0 Å². The summed E-state index contributed by atoms with van der Waals surface area (Å²) in [5.41, 5.74) is 0.0325. The van der Waals surface area contributed by atoms with Gasteiger partial charge in [-0.25, -0.2) is 0 Å². The summed E-state index contributed by atoms with van der Waals surface area (Å²) in [5, 5.41) is 3.73. The Labute approximate surface area is 125 Å². The van der Waals surface area contributed by atoms with Crippen molar-refractivity contribution in [2.45, 2.75) is 65.0 Å². The standard InChI is InChI=1S/C17H34N2O/c1-5-14-7-8-16(18-6-2)15(11-14)12-19-9-10-20-17(3,4)13-19/h14-16,18H,5-13H2,1-4H3. The van der Waals surface area contributed by atoms with E-state index in [1.54, 1.807) is 0 Å². The van der Waals surface area contributed by atoms with Gasteiger partial charge in [0.05, 0.1) is 12.2 Å². The highest BCUT2D eigenvalue weighted by Crippen LogP contribution is 2.32.